The van der Waals surface area contributed by atoms with E-state index in [1.54, 1.807) is 13.2 Å². The van der Waals surface area contributed by atoms with Gasteiger partial charge in [0.05, 0.1) is 19.8 Å². The van der Waals surface area contributed by atoms with Gasteiger partial charge in [-0.3, -0.25) is 4.79 Å². The zero-order valence-electron chi connectivity index (χ0n) is 20.6. The highest BCUT2D eigenvalue weighted by molar-refractivity contribution is 6.74. The average molecular weight is 447 g/mol. The molecule has 1 rings (SSSR count). The van der Waals surface area contributed by atoms with Crippen LogP contribution in [0.3, 0.4) is 0 Å². The van der Waals surface area contributed by atoms with Gasteiger partial charge in [0, 0.05) is 13.0 Å². The summed E-state index contributed by atoms with van der Waals surface area (Å²) >= 11 is 0. The molecule has 0 aromatic heterocycles. The van der Waals surface area contributed by atoms with Crippen LogP contribution < -0.4 is 4.74 Å². The molecule has 0 heterocycles. The summed E-state index contributed by atoms with van der Waals surface area (Å²) in [5.41, 5.74) is 1.12. The fraction of sp³-hybridized carbons (Fsp3) is 0.577. The van der Waals surface area contributed by atoms with E-state index in [1.165, 1.54) is 0 Å². The topological polar surface area (TPSA) is 44.8 Å². The number of rotatable bonds is 14. The molecule has 0 aliphatic rings. The first-order valence-electron chi connectivity index (χ1n) is 11.2. The molecular weight excluding hydrogens is 404 g/mol. The van der Waals surface area contributed by atoms with Crippen molar-refractivity contribution >= 4 is 14.1 Å². The van der Waals surface area contributed by atoms with E-state index in [9.17, 15) is 4.79 Å². The summed E-state index contributed by atoms with van der Waals surface area (Å²) in [6, 6.07) is 7.89. The zero-order valence-corrected chi connectivity index (χ0v) is 21.6. The van der Waals surface area contributed by atoms with Crippen LogP contribution in [0.5, 0.6) is 5.75 Å². The number of allylic oxidation sites excluding steroid dienone is 2. The van der Waals surface area contributed by atoms with E-state index in [-0.39, 0.29) is 16.9 Å². The van der Waals surface area contributed by atoms with Crippen molar-refractivity contribution in [1.29, 1.82) is 0 Å². The number of carbonyl (C=O) groups excluding carboxylic acids is 1. The molecule has 4 nitrogen and oxygen atoms in total. The Balaban J connectivity index is 2.41. The lowest BCUT2D eigenvalue weighted by molar-refractivity contribution is -0.116. The van der Waals surface area contributed by atoms with Crippen LogP contribution in [0.4, 0.5) is 0 Å². The minimum absolute atomic E-state index is 0.0965. The summed E-state index contributed by atoms with van der Waals surface area (Å²) in [6.45, 7) is 18.3. The van der Waals surface area contributed by atoms with Gasteiger partial charge in [0.1, 0.15) is 5.75 Å². The number of benzene rings is 1. The minimum atomic E-state index is -1.92. The minimum Gasteiger partial charge on any atom is -0.497 e. The van der Waals surface area contributed by atoms with Crippen LogP contribution in [-0.2, 0) is 20.6 Å². The highest BCUT2D eigenvalue weighted by Gasteiger charge is 2.39. The maximum Gasteiger partial charge on any atom is 0.192 e. The molecule has 1 aromatic rings. The van der Waals surface area contributed by atoms with Gasteiger partial charge in [0.2, 0.25) is 0 Å². The van der Waals surface area contributed by atoms with E-state index in [4.69, 9.17) is 13.9 Å². The van der Waals surface area contributed by atoms with Crippen LogP contribution >= 0.6 is 0 Å². The summed E-state index contributed by atoms with van der Waals surface area (Å²) in [6.07, 6.45) is 7.31. The third kappa shape index (κ3) is 10.4. The van der Waals surface area contributed by atoms with Gasteiger partial charge in [0.15, 0.2) is 14.1 Å². The second-order valence-corrected chi connectivity index (χ2v) is 14.6. The first-order chi connectivity index (χ1) is 14.5. The van der Waals surface area contributed by atoms with Crippen LogP contribution in [0.15, 0.2) is 49.1 Å². The Bertz CT molecular complexity index is 701. The Kier molecular flexibility index (Phi) is 11.5. The lowest BCUT2D eigenvalue weighted by Gasteiger charge is -2.39. The van der Waals surface area contributed by atoms with E-state index in [2.05, 4.69) is 47.4 Å². The third-order valence-corrected chi connectivity index (χ3v) is 10.3. The highest BCUT2D eigenvalue weighted by atomic mass is 28.4. The summed E-state index contributed by atoms with van der Waals surface area (Å²) in [5, 5.41) is 0.118. The second-order valence-electron chi connectivity index (χ2n) is 9.80. The van der Waals surface area contributed by atoms with E-state index in [0.717, 1.165) is 17.7 Å². The summed E-state index contributed by atoms with van der Waals surface area (Å²) in [5.74, 6) is 1.30. The van der Waals surface area contributed by atoms with Crippen molar-refractivity contribution < 1.29 is 18.7 Å². The largest absolute Gasteiger partial charge is 0.497 e. The molecule has 2 atom stereocenters. The van der Waals surface area contributed by atoms with Gasteiger partial charge < -0.3 is 13.9 Å². The summed E-state index contributed by atoms with van der Waals surface area (Å²) < 4.78 is 17.4. The smallest absolute Gasteiger partial charge is 0.192 e. The van der Waals surface area contributed by atoms with Crippen LogP contribution in [-0.4, -0.2) is 33.9 Å². The third-order valence-electron chi connectivity index (χ3n) is 5.80. The Labute approximate surface area is 190 Å². The molecule has 0 aliphatic heterocycles. The first-order valence-corrected chi connectivity index (χ1v) is 14.1. The molecule has 0 radical (unpaired) electrons. The van der Waals surface area contributed by atoms with Gasteiger partial charge >= 0.3 is 0 Å². The molecule has 0 saturated carbocycles. The van der Waals surface area contributed by atoms with E-state index < -0.39 is 8.32 Å². The Morgan fingerprint density at radius 3 is 2.35 bits per heavy atom. The Hall–Kier alpha value is -1.69. The van der Waals surface area contributed by atoms with Crippen LogP contribution in [0.1, 0.15) is 52.5 Å². The first kappa shape index (κ1) is 27.3. The molecule has 0 bridgehead atoms. The number of carbonyl (C=O) groups is 1. The summed E-state index contributed by atoms with van der Waals surface area (Å²) in [7, 11) is -0.258. The monoisotopic (exact) mass is 446 g/mol. The van der Waals surface area contributed by atoms with Crippen molar-refractivity contribution in [1.82, 2.24) is 0 Å². The van der Waals surface area contributed by atoms with E-state index in [1.807, 2.05) is 36.4 Å². The maximum absolute atomic E-state index is 12.5. The van der Waals surface area contributed by atoms with Crippen LogP contribution in [0, 0.1) is 5.92 Å². The lowest BCUT2D eigenvalue weighted by Crippen LogP contribution is -2.44. The van der Waals surface area contributed by atoms with Gasteiger partial charge in [-0.2, -0.15) is 0 Å². The van der Waals surface area contributed by atoms with Gasteiger partial charge in [-0.1, -0.05) is 52.0 Å². The highest BCUT2D eigenvalue weighted by Crippen LogP contribution is 2.38. The lowest BCUT2D eigenvalue weighted by atomic mass is 10.1. The molecule has 0 saturated heterocycles. The molecule has 31 heavy (non-hydrogen) atoms. The molecule has 0 N–H and O–H groups in total. The number of hydrogen-bond acceptors (Lipinski definition) is 4. The predicted octanol–water partition coefficient (Wildman–Crippen LogP) is 6.72. The van der Waals surface area contributed by atoms with Crippen LogP contribution in [0.2, 0.25) is 18.1 Å². The van der Waals surface area contributed by atoms with Crippen molar-refractivity contribution in [3.05, 3.63) is 54.6 Å². The Morgan fingerprint density at radius 2 is 1.81 bits per heavy atom. The average Bonchev–Trinajstić information content (AvgIpc) is 2.67. The molecule has 0 unspecified atom stereocenters. The molecule has 1 aromatic carbocycles. The number of ether oxygens (including phenoxy) is 2. The fourth-order valence-corrected chi connectivity index (χ4v) is 4.21. The maximum atomic E-state index is 12.5. The summed E-state index contributed by atoms with van der Waals surface area (Å²) in [4.78, 5) is 12.5. The van der Waals surface area contributed by atoms with E-state index in [0.29, 0.717) is 32.0 Å². The number of hydrogen-bond donors (Lipinski definition) is 0. The SMILES string of the molecule is C=CC[C@@H](CC(=O)/C=C/C[C@@H](C)COCc1ccc(OC)cc1)O[Si](C)(C)C(C)(C)C. The second kappa shape index (κ2) is 13.0. The van der Waals surface area contributed by atoms with Crippen LogP contribution in [0.25, 0.3) is 0 Å². The zero-order chi connectivity index (χ0) is 23.5. The molecule has 0 spiro atoms. The fourth-order valence-electron chi connectivity index (χ4n) is 2.84. The van der Waals surface area contributed by atoms with Gasteiger partial charge in [-0.05, 0) is 60.7 Å². The normalized spacial score (nSPS) is 14.4. The van der Waals surface area contributed by atoms with Crippen molar-refractivity contribution in [2.24, 2.45) is 5.92 Å². The molecule has 0 amide bonds. The van der Waals surface area contributed by atoms with Crippen molar-refractivity contribution in [2.45, 2.75) is 77.8 Å². The van der Waals surface area contributed by atoms with Crippen molar-refractivity contribution in [3.63, 3.8) is 0 Å². The van der Waals surface area contributed by atoms with Gasteiger partial charge in [-0.25, -0.2) is 0 Å². The predicted molar refractivity (Wildman–Crippen MR) is 132 cm³/mol. The Morgan fingerprint density at radius 1 is 1.16 bits per heavy atom. The number of methoxy groups -OCH3 is 1. The molecule has 0 fully saturated rings. The standard InChI is InChI=1S/C26H42O4Si/c1-9-11-25(30-31(7,8)26(3,4)5)18-23(27)13-10-12-21(2)19-29-20-22-14-16-24(28-6)17-15-22/h9-10,13-17,21,25H,1,11-12,18-20H2,2-8H3/b13-10+/t21-,25+/m1/s1. The molecular formula is C26H42O4Si. The van der Waals surface area contributed by atoms with Crippen molar-refractivity contribution in [2.75, 3.05) is 13.7 Å². The number of ketones is 1. The van der Waals surface area contributed by atoms with Gasteiger partial charge in [-0.15, -0.1) is 6.58 Å². The quantitative estimate of drug-likeness (QED) is 0.181. The van der Waals surface area contributed by atoms with Gasteiger partial charge in [0.25, 0.3) is 0 Å². The van der Waals surface area contributed by atoms with E-state index >= 15 is 0 Å². The van der Waals surface area contributed by atoms with Crippen molar-refractivity contribution in [3.8, 4) is 5.75 Å². The molecule has 0 aliphatic carbocycles. The molecule has 5 heteroatoms. The molecule has 174 valence electrons.